The van der Waals surface area contributed by atoms with Crippen molar-refractivity contribution in [3.05, 3.63) is 52.8 Å². The van der Waals surface area contributed by atoms with Crippen LogP contribution in [0.15, 0.2) is 47.5 Å². The van der Waals surface area contributed by atoms with Crippen molar-refractivity contribution in [2.75, 3.05) is 26.9 Å². The van der Waals surface area contributed by atoms with Gasteiger partial charge in [-0.2, -0.15) is 4.99 Å². The van der Waals surface area contributed by atoms with Gasteiger partial charge in [-0.05, 0) is 50.2 Å². The lowest BCUT2D eigenvalue weighted by Crippen LogP contribution is -2.19. The number of hydrogen-bond donors (Lipinski definition) is 0. The molecule has 0 saturated carbocycles. The van der Waals surface area contributed by atoms with Crippen LogP contribution in [-0.4, -0.2) is 37.4 Å². The summed E-state index contributed by atoms with van der Waals surface area (Å²) in [6.07, 6.45) is 0. The average molecular weight is 401 g/mol. The number of amides is 1. The van der Waals surface area contributed by atoms with Gasteiger partial charge in [0.15, 0.2) is 4.80 Å². The number of fused-ring (bicyclic) bond motifs is 1. The van der Waals surface area contributed by atoms with Crippen molar-refractivity contribution in [1.29, 1.82) is 0 Å². The standard InChI is InChI=1S/C21H24N2O4S/c1-4-26-12-11-23-18-10-9-17(27-5-2)14-19(18)28-21(23)22-20(24)15-7-6-8-16(13-15)25-3/h6-10,13-14H,4-5,11-12H2,1-3H3. The third-order valence-electron chi connectivity index (χ3n) is 4.14. The maximum Gasteiger partial charge on any atom is 0.279 e. The number of methoxy groups -OCH3 is 1. The van der Waals surface area contributed by atoms with Crippen molar-refractivity contribution < 1.29 is 19.0 Å². The quantitative estimate of drug-likeness (QED) is 0.538. The SMILES string of the molecule is CCOCCn1c(=NC(=O)c2cccc(OC)c2)sc2cc(OCC)ccc21. The monoisotopic (exact) mass is 400 g/mol. The first-order chi connectivity index (χ1) is 13.7. The Bertz CT molecular complexity index is 1020. The summed E-state index contributed by atoms with van der Waals surface area (Å²) in [4.78, 5) is 17.7. The lowest BCUT2D eigenvalue weighted by atomic mass is 10.2. The molecule has 1 amide bonds. The maximum atomic E-state index is 12.7. The van der Waals surface area contributed by atoms with E-state index in [0.717, 1.165) is 16.0 Å². The minimum Gasteiger partial charge on any atom is -0.497 e. The third kappa shape index (κ3) is 4.61. The first-order valence-electron chi connectivity index (χ1n) is 9.23. The predicted molar refractivity (Wildman–Crippen MR) is 110 cm³/mol. The van der Waals surface area contributed by atoms with Gasteiger partial charge in [0.25, 0.3) is 5.91 Å². The van der Waals surface area contributed by atoms with E-state index >= 15 is 0 Å². The Morgan fingerprint density at radius 1 is 1.11 bits per heavy atom. The number of benzene rings is 2. The Kier molecular flexibility index (Phi) is 6.84. The van der Waals surface area contributed by atoms with E-state index in [9.17, 15) is 4.79 Å². The Hall–Kier alpha value is -2.64. The van der Waals surface area contributed by atoms with Gasteiger partial charge < -0.3 is 18.8 Å². The fraction of sp³-hybridized carbons (Fsp3) is 0.333. The highest BCUT2D eigenvalue weighted by atomic mass is 32.1. The fourth-order valence-electron chi connectivity index (χ4n) is 2.82. The van der Waals surface area contributed by atoms with E-state index < -0.39 is 0 Å². The van der Waals surface area contributed by atoms with E-state index in [1.54, 1.807) is 31.4 Å². The fourth-order valence-corrected chi connectivity index (χ4v) is 3.90. The highest BCUT2D eigenvalue weighted by Crippen LogP contribution is 2.23. The van der Waals surface area contributed by atoms with Crippen LogP contribution in [0.5, 0.6) is 11.5 Å². The normalized spacial score (nSPS) is 11.8. The van der Waals surface area contributed by atoms with Crippen LogP contribution in [0.1, 0.15) is 24.2 Å². The Labute approximate surface area is 168 Å². The molecule has 1 heterocycles. The van der Waals surface area contributed by atoms with E-state index in [-0.39, 0.29) is 5.91 Å². The molecular formula is C21H24N2O4S. The Balaban J connectivity index is 2.04. The molecule has 28 heavy (non-hydrogen) atoms. The molecule has 0 aliphatic heterocycles. The maximum absolute atomic E-state index is 12.7. The minimum absolute atomic E-state index is 0.305. The van der Waals surface area contributed by atoms with Crippen LogP contribution in [0.2, 0.25) is 0 Å². The summed E-state index contributed by atoms with van der Waals surface area (Å²) in [7, 11) is 1.57. The molecule has 0 aliphatic carbocycles. The van der Waals surface area contributed by atoms with Crippen LogP contribution >= 0.6 is 11.3 Å². The first kappa shape index (κ1) is 20.1. The molecule has 3 aromatic rings. The molecule has 1 aromatic heterocycles. The van der Waals surface area contributed by atoms with Gasteiger partial charge in [-0.1, -0.05) is 17.4 Å². The number of rotatable bonds is 8. The molecule has 7 heteroatoms. The zero-order valence-electron chi connectivity index (χ0n) is 16.3. The predicted octanol–water partition coefficient (Wildman–Crippen LogP) is 3.89. The van der Waals surface area contributed by atoms with Crippen molar-refractivity contribution >= 4 is 27.5 Å². The topological polar surface area (TPSA) is 62.1 Å². The van der Waals surface area contributed by atoms with Crippen LogP contribution in [-0.2, 0) is 11.3 Å². The molecule has 0 bridgehead atoms. The lowest BCUT2D eigenvalue weighted by Gasteiger charge is -2.06. The van der Waals surface area contributed by atoms with Crippen LogP contribution < -0.4 is 14.3 Å². The average Bonchev–Trinajstić information content (AvgIpc) is 3.05. The summed E-state index contributed by atoms with van der Waals surface area (Å²) in [5, 5.41) is 0. The minimum atomic E-state index is -0.305. The second-order valence-electron chi connectivity index (χ2n) is 5.94. The molecular weight excluding hydrogens is 376 g/mol. The van der Waals surface area contributed by atoms with E-state index in [1.807, 2.05) is 36.6 Å². The summed E-state index contributed by atoms with van der Waals surface area (Å²) in [6, 6.07) is 12.9. The number of carbonyl (C=O) groups is 1. The molecule has 148 valence electrons. The van der Waals surface area contributed by atoms with Crippen LogP contribution in [0.3, 0.4) is 0 Å². The molecule has 6 nitrogen and oxygen atoms in total. The molecule has 0 aliphatic rings. The second-order valence-corrected chi connectivity index (χ2v) is 6.95. The smallest absolute Gasteiger partial charge is 0.279 e. The molecule has 0 atom stereocenters. The van der Waals surface area contributed by atoms with Gasteiger partial charge in [0.1, 0.15) is 11.5 Å². The van der Waals surface area contributed by atoms with Gasteiger partial charge in [0.2, 0.25) is 0 Å². The van der Waals surface area contributed by atoms with Crippen LogP contribution in [0.25, 0.3) is 10.2 Å². The van der Waals surface area contributed by atoms with Crippen LogP contribution in [0, 0.1) is 0 Å². The number of hydrogen-bond acceptors (Lipinski definition) is 5. The molecule has 2 aromatic carbocycles. The van der Waals surface area contributed by atoms with E-state index in [1.165, 1.54) is 11.3 Å². The highest BCUT2D eigenvalue weighted by molar-refractivity contribution is 7.16. The van der Waals surface area contributed by atoms with Crippen LogP contribution in [0.4, 0.5) is 0 Å². The van der Waals surface area contributed by atoms with Crippen molar-refractivity contribution in [1.82, 2.24) is 4.57 Å². The number of thiazole rings is 1. The van der Waals surface area contributed by atoms with Gasteiger partial charge >= 0.3 is 0 Å². The molecule has 0 spiro atoms. The summed E-state index contributed by atoms with van der Waals surface area (Å²) < 4.78 is 19.3. The Morgan fingerprint density at radius 3 is 2.71 bits per heavy atom. The van der Waals surface area contributed by atoms with E-state index in [4.69, 9.17) is 14.2 Å². The van der Waals surface area contributed by atoms with Crippen molar-refractivity contribution in [3.8, 4) is 11.5 Å². The molecule has 0 saturated heterocycles. The molecule has 0 N–H and O–H groups in total. The summed E-state index contributed by atoms with van der Waals surface area (Å²) in [6.45, 7) is 6.33. The molecule has 3 rings (SSSR count). The number of carbonyl (C=O) groups excluding carboxylic acids is 1. The van der Waals surface area contributed by atoms with Gasteiger partial charge in [-0.3, -0.25) is 4.79 Å². The second kappa shape index (κ2) is 9.52. The van der Waals surface area contributed by atoms with Gasteiger partial charge in [0.05, 0.1) is 30.5 Å². The molecule has 0 radical (unpaired) electrons. The summed E-state index contributed by atoms with van der Waals surface area (Å²) in [5.74, 6) is 1.13. The summed E-state index contributed by atoms with van der Waals surface area (Å²) >= 11 is 1.46. The highest BCUT2D eigenvalue weighted by Gasteiger charge is 2.11. The van der Waals surface area contributed by atoms with Crippen molar-refractivity contribution in [2.45, 2.75) is 20.4 Å². The van der Waals surface area contributed by atoms with Crippen molar-refractivity contribution in [3.63, 3.8) is 0 Å². The lowest BCUT2D eigenvalue weighted by molar-refractivity contribution is 0.0996. The van der Waals surface area contributed by atoms with Crippen molar-refractivity contribution in [2.24, 2.45) is 4.99 Å². The largest absolute Gasteiger partial charge is 0.497 e. The van der Waals surface area contributed by atoms with E-state index in [0.29, 0.717) is 42.5 Å². The third-order valence-corrected chi connectivity index (χ3v) is 5.18. The zero-order chi connectivity index (χ0) is 19.9. The molecule has 0 unspecified atom stereocenters. The Morgan fingerprint density at radius 2 is 1.96 bits per heavy atom. The zero-order valence-corrected chi connectivity index (χ0v) is 17.1. The number of ether oxygens (including phenoxy) is 3. The number of aromatic nitrogens is 1. The van der Waals surface area contributed by atoms with E-state index in [2.05, 4.69) is 4.99 Å². The summed E-state index contributed by atoms with van der Waals surface area (Å²) in [5.41, 5.74) is 1.49. The molecule has 0 fully saturated rings. The van der Waals surface area contributed by atoms with Gasteiger partial charge in [-0.25, -0.2) is 0 Å². The first-order valence-corrected chi connectivity index (χ1v) is 10.0. The van der Waals surface area contributed by atoms with Gasteiger partial charge in [0, 0.05) is 18.7 Å². The number of nitrogens with zero attached hydrogens (tertiary/aromatic N) is 2. The van der Waals surface area contributed by atoms with Gasteiger partial charge in [-0.15, -0.1) is 0 Å².